The highest BCUT2D eigenvalue weighted by molar-refractivity contribution is 7.80. The summed E-state index contributed by atoms with van der Waals surface area (Å²) in [7, 11) is 0. The van der Waals surface area contributed by atoms with Gasteiger partial charge in [-0.15, -0.1) is 0 Å². The number of hydrogen-bond donors (Lipinski definition) is 2. The first-order valence-electron chi connectivity index (χ1n) is 6.74. The molecule has 0 aliphatic carbocycles. The molecular weight excluding hydrogens is 296 g/mol. The van der Waals surface area contributed by atoms with Crippen LogP contribution in [0.1, 0.15) is 5.56 Å². The van der Waals surface area contributed by atoms with Crippen molar-refractivity contribution in [2.75, 3.05) is 10.7 Å². The number of nitrogens with zero attached hydrogens (tertiary/aromatic N) is 2. The highest BCUT2D eigenvalue weighted by Crippen LogP contribution is 2.08. The van der Waals surface area contributed by atoms with Crippen LogP contribution in [-0.2, 0) is 0 Å². The molecule has 0 aliphatic rings. The molecule has 6 heteroatoms. The number of hydrogen-bond acceptors (Lipinski definition) is 3. The first-order chi connectivity index (χ1) is 10.6. The van der Waals surface area contributed by atoms with Gasteiger partial charge in [-0.25, -0.2) is 9.66 Å². The largest absolute Gasteiger partial charge is 0.331 e. The molecule has 5 nitrogen and oxygen atoms in total. The maximum atomic E-state index is 12.3. The normalized spacial score (nSPS) is 10.4. The molecule has 0 amide bonds. The Morgan fingerprint density at radius 3 is 2.64 bits per heavy atom. The van der Waals surface area contributed by atoms with Crippen LogP contribution in [0.2, 0.25) is 0 Å². The smallest absolute Gasteiger partial charge is 0.280 e. The van der Waals surface area contributed by atoms with Crippen molar-refractivity contribution in [1.29, 1.82) is 0 Å². The zero-order chi connectivity index (χ0) is 15.5. The average molecular weight is 310 g/mol. The number of nitrogens with one attached hydrogen (secondary N) is 2. The molecule has 0 fully saturated rings. The Bertz CT molecular complexity index is 887. The first-order valence-corrected chi connectivity index (χ1v) is 7.15. The van der Waals surface area contributed by atoms with E-state index in [1.165, 1.54) is 16.6 Å². The summed E-state index contributed by atoms with van der Waals surface area (Å²) in [6.07, 6.45) is 1.42. The minimum atomic E-state index is -0.196. The number of thiocarbonyl (C=S) groups is 1. The van der Waals surface area contributed by atoms with Gasteiger partial charge in [0, 0.05) is 5.69 Å². The van der Waals surface area contributed by atoms with Crippen molar-refractivity contribution < 1.29 is 0 Å². The summed E-state index contributed by atoms with van der Waals surface area (Å²) in [5.74, 6) is 0. The molecule has 0 unspecified atom stereocenters. The molecule has 0 saturated carbocycles. The third-order valence-electron chi connectivity index (χ3n) is 3.20. The van der Waals surface area contributed by atoms with Crippen LogP contribution >= 0.6 is 12.2 Å². The summed E-state index contributed by atoms with van der Waals surface area (Å²) < 4.78 is 1.27. The third-order valence-corrected chi connectivity index (χ3v) is 3.39. The first kappa shape index (κ1) is 14.2. The van der Waals surface area contributed by atoms with Gasteiger partial charge in [-0.1, -0.05) is 29.8 Å². The van der Waals surface area contributed by atoms with Gasteiger partial charge in [-0.05, 0) is 43.4 Å². The van der Waals surface area contributed by atoms with E-state index >= 15 is 0 Å². The van der Waals surface area contributed by atoms with Crippen LogP contribution < -0.4 is 16.3 Å². The Morgan fingerprint density at radius 1 is 1.14 bits per heavy atom. The highest BCUT2D eigenvalue weighted by Gasteiger charge is 2.04. The summed E-state index contributed by atoms with van der Waals surface area (Å²) in [4.78, 5) is 16.6. The molecule has 2 N–H and O–H groups in total. The van der Waals surface area contributed by atoms with E-state index in [1.807, 2.05) is 37.3 Å². The van der Waals surface area contributed by atoms with Crippen molar-refractivity contribution in [3.05, 3.63) is 70.8 Å². The minimum absolute atomic E-state index is 0.196. The molecule has 0 spiro atoms. The van der Waals surface area contributed by atoms with E-state index < -0.39 is 0 Å². The third kappa shape index (κ3) is 2.96. The van der Waals surface area contributed by atoms with Gasteiger partial charge in [0.05, 0.1) is 10.9 Å². The fourth-order valence-corrected chi connectivity index (χ4v) is 2.27. The van der Waals surface area contributed by atoms with Crippen LogP contribution in [0.3, 0.4) is 0 Å². The quantitative estimate of drug-likeness (QED) is 0.713. The fourth-order valence-electron chi connectivity index (χ4n) is 2.05. The maximum Gasteiger partial charge on any atom is 0.280 e. The van der Waals surface area contributed by atoms with E-state index in [9.17, 15) is 4.79 Å². The number of aromatic nitrogens is 2. The van der Waals surface area contributed by atoms with Crippen molar-refractivity contribution in [2.45, 2.75) is 6.92 Å². The second kappa shape index (κ2) is 5.95. The molecule has 0 radical (unpaired) electrons. The average Bonchev–Trinajstić information content (AvgIpc) is 2.53. The van der Waals surface area contributed by atoms with E-state index in [0.717, 1.165) is 5.69 Å². The zero-order valence-corrected chi connectivity index (χ0v) is 12.7. The van der Waals surface area contributed by atoms with Crippen LogP contribution in [0.15, 0.2) is 59.7 Å². The Labute approximate surface area is 132 Å². The summed E-state index contributed by atoms with van der Waals surface area (Å²) in [6, 6.07) is 15.0. The number of benzene rings is 2. The van der Waals surface area contributed by atoms with E-state index in [4.69, 9.17) is 12.2 Å². The number of rotatable bonds is 2. The van der Waals surface area contributed by atoms with Crippen LogP contribution in [0.4, 0.5) is 5.69 Å². The molecule has 1 aromatic heterocycles. The van der Waals surface area contributed by atoms with Gasteiger partial charge in [0.1, 0.15) is 6.33 Å². The topological polar surface area (TPSA) is 58.9 Å². The predicted octanol–water partition coefficient (Wildman–Crippen LogP) is 2.65. The Hall–Kier alpha value is -2.73. The standard InChI is InChI=1S/C16H14N4OS/c1-11-6-8-12(9-7-11)18-16(22)19-20-10-17-14-5-3-2-4-13(14)15(20)21/h2-10H,1H3,(H2,18,19,22). The number of aryl methyl sites for hydroxylation is 1. The molecule has 22 heavy (non-hydrogen) atoms. The molecule has 3 rings (SSSR count). The predicted molar refractivity (Wildman–Crippen MR) is 92.8 cm³/mol. The Balaban J connectivity index is 1.81. The lowest BCUT2D eigenvalue weighted by atomic mass is 10.2. The van der Waals surface area contributed by atoms with Crippen molar-refractivity contribution >= 4 is 33.9 Å². The lowest BCUT2D eigenvalue weighted by molar-refractivity contribution is 0.896. The van der Waals surface area contributed by atoms with Crippen molar-refractivity contribution in [3.63, 3.8) is 0 Å². The van der Waals surface area contributed by atoms with E-state index in [1.54, 1.807) is 18.2 Å². The van der Waals surface area contributed by atoms with Crippen molar-refractivity contribution in [3.8, 4) is 0 Å². The van der Waals surface area contributed by atoms with Gasteiger partial charge < -0.3 is 5.32 Å². The number of fused-ring (bicyclic) bond motifs is 1. The second-order valence-electron chi connectivity index (χ2n) is 4.87. The zero-order valence-electron chi connectivity index (χ0n) is 11.9. The molecular formula is C16H14N4OS. The summed E-state index contributed by atoms with van der Waals surface area (Å²) >= 11 is 5.22. The van der Waals surface area contributed by atoms with E-state index in [0.29, 0.717) is 16.0 Å². The van der Waals surface area contributed by atoms with Gasteiger partial charge in [0.15, 0.2) is 5.11 Å². The summed E-state index contributed by atoms with van der Waals surface area (Å²) in [5.41, 5.74) is 5.31. The monoisotopic (exact) mass is 310 g/mol. The van der Waals surface area contributed by atoms with Crippen LogP contribution in [-0.4, -0.2) is 14.8 Å². The van der Waals surface area contributed by atoms with E-state index in [2.05, 4.69) is 15.7 Å². The van der Waals surface area contributed by atoms with Gasteiger partial charge in [0.2, 0.25) is 0 Å². The lowest BCUT2D eigenvalue weighted by Crippen LogP contribution is -2.35. The molecule has 0 atom stereocenters. The molecule has 110 valence electrons. The Morgan fingerprint density at radius 2 is 1.86 bits per heavy atom. The second-order valence-corrected chi connectivity index (χ2v) is 5.28. The minimum Gasteiger partial charge on any atom is -0.331 e. The summed E-state index contributed by atoms with van der Waals surface area (Å²) in [6.45, 7) is 2.01. The maximum absolute atomic E-state index is 12.3. The number of anilines is 1. The molecule has 0 aliphatic heterocycles. The van der Waals surface area contributed by atoms with E-state index in [-0.39, 0.29) is 5.56 Å². The van der Waals surface area contributed by atoms with Crippen LogP contribution in [0.5, 0.6) is 0 Å². The number of para-hydroxylation sites is 1. The van der Waals surface area contributed by atoms with Crippen molar-refractivity contribution in [2.24, 2.45) is 0 Å². The molecule has 1 heterocycles. The van der Waals surface area contributed by atoms with Crippen LogP contribution in [0, 0.1) is 6.92 Å². The van der Waals surface area contributed by atoms with Gasteiger partial charge in [-0.3, -0.25) is 10.2 Å². The van der Waals surface area contributed by atoms with Gasteiger partial charge in [-0.2, -0.15) is 0 Å². The fraction of sp³-hybridized carbons (Fsp3) is 0.0625. The highest BCUT2D eigenvalue weighted by atomic mass is 32.1. The van der Waals surface area contributed by atoms with Crippen molar-refractivity contribution in [1.82, 2.24) is 9.66 Å². The van der Waals surface area contributed by atoms with Gasteiger partial charge >= 0.3 is 0 Å². The molecule has 3 aromatic rings. The van der Waals surface area contributed by atoms with Crippen LogP contribution in [0.25, 0.3) is 10.9 Å². The SMILES string of the molecule is Cc1ccc(NC(=S)Nn2cnc3ccccc3c2=O)cc1. The molecule has 0 bridgehead atoms. The summed E-state index contributed by atoms with van der Waals surface area (Å²) in [5, 5.41) is 3.89. The van der Waals surface area contributed by atoms with Gasteiger partial charge in [0.25, 0.3) is 5.56 Å². The lowest BCUT2D eigenvalue weighted by Gasteiger charge is -2.12. The Kier molecular flexibility index (Phi) is 3.84. The molecule has 0 saturated heterocycles. The molecule has 2 aromatic carbocycles.